The summed E-state index contributed by atoms with van der Waals surface area (Å²) in [6.07, 6.45) is 5.99. The van der Waals surface area contributed by atoms with Crippen LogP contribution in [-0.4, -0.2) is 24.0 Å². The van der Waals surface area contributed by atoms with Crippen LogP contribution in [0.15, 0.2) is 30.3 Å². The molecule has 0 saturated carbocycles. The quantitative estimate of drug-likeness (QED) is 0.695. The summed E-state index contributed by atoms with van der Waals surface area (Å²) in [6, 6.07) is 10.4. The van der Waals surface area contributed by atoms with Gasteiger partial charge in [0.15, 0.2) is 0 Å². The van der Waals surface area contributed by atoms with Gasteiger partial charge in [-0.05, 0) is 50.3 Å². The van der Waals surface area contributed by atoms with Crippen LogP contribution in [0.5, 0.6) is 0 Å². The van der Waals surface area contributed by atoms with Crippen LogP contribution in [0, 0.1) is 0 Å². The molecule has 3 rings (SSSR count). The zero-order valence-electron chi connectivity index (χ0n) is 10.9. The maximum atomic E-state index is 8.90. The molecule has 0 amide bonds. The molecule has 1 aromatic carbocycles. The second-order valence-corrected chi connectivity index (χ2v) is 5.04. The summed E-state index contributed by atoms with van der Waals surface area (Å²) in [7, 11) is 0. The fourth-order valence-corrected chi connectivity index (χ4v) is 3.26. The maximum Gasteiger partial charge on any atom is 0.0474 e. The highest BCUT2D eigenvalue weighted by Gasteiger charge is 2.33. The summed E-state index contributed by atoms with van der Waals surface area (Å²) >= 11 is 0. The van der Waals surface area contributed by atoms with Crippen molar-refractivity contribution in [2.24, 2.45) is 0 Å². The molecule has 2 atom stereocenters. The van der Waals surface area contributed by atoms with Crippen molar-refractivity contribution in [2.45, 2.75) is 44.0 Å². The molecule has 1 heteroatoms. The van der Waals surface area contributed by atoms with Crippen molar-refractivity contribution in [3.8, 4) is 0 Å². The first-order chi connectivity index (χ1) is 8.31. The number of benzene rings is 1. The second kappa shape index (κ2) is 4.58. The Morgan fingerprint density at radius 1 is 1.00 bits per heavy atom. The lowest BCUT2D eigenvalue weighted by Gasteiger charge is -2.44. The van der Waals surface area contributed by atoms with Gasteiger partial charge in [0, 0.05) is 7.39 Å². The lowest BCUT2D eigenvalue weighted by molar-refractivity contribution is 0.0894. The SMILES string of the molecule is [2H][C@@]12CCCCN1CCC[C@@H]2c1ccccc1. The van der Waals surface area contributed by atoms with Gasteiger partial charge in [0.25, 0.3) is 0 Å². The smallest absolute Gasteiger partial charge is 0.0474 e. The van der Waals surface area contributed by atoms with Crippen molar-refractivity contribution in [3.63, 3.8) is 0 Å². The molecule has 0 N–H and O–H groups in total. The van der Waals surface area contributed by atoms with Crippen LogP contribution in [0.1, 0.15) is 45.0 Å². The molecule has 16 heavy (non-hydrogen) atoms. The summed E-state index contributed by atoms with van der Waals surface area (Å²) < 4.78 is 8.90. The molecular weight excluding hydrogens is 194 g/mol. The van der Waals surface area contributed by atoms with Gasteiger partial charge < -0.3 is 0 Å². The minimum absolute atomic E-state index is 0.322. The number of rotatable bonds is 1. The van der Waals surface area contributed by atoms with E-state index in [0.717, 1.165) is 19.5 Å². The summed E-state index contributed by atoms with van der Waals surface area (Å²) in [4.78, 5) is 2.43. The Hall–Kier alpha value is -0.820. The summed E-state index contributed by atoms with van der Waals surface area (Å²) in [6.45, 7) is 2.26. The van der Waals surface area contributed by atoms with Gasteiger partial charge in [-0.2, -0.15) is 0 Å². The topological polar surface area (TPSA) is 3.24 Å². The largest absolute Gasteiger partial charge is 0.300 e. The Morgan fingerprint density at radius 3 is 2.69 bits per heavy atom. The lowest BCUT2D eigenvalue weighted by Crippen LogP contribution is -2.46. The van der Waals surface area contributed by atoms with E-state index < -0.39 is 0 Å². The number of nitrogens with zero attached hydrogens (tertiary/aromatic N) is 1. The van der Waals surface area contributed by atoms with E-state index in [2.05, 4.69) is 35.2 Å². The van der Waals surface area contributed by atoms with Gasteiger partial charge in [-0.15, -0.1) is 0 Å². The highest BCUT2D eigenvalue weighted by molar-refractivity contribution is 5.22. The van der Waals surface area contributed by atoms with Gasteiger partial charge in [-0.3, -0.25) is 4.90 Å². The Morgan fingerprint density at radius 2 is 1.81 bits per heavy atom. The third-order valence-electron chi connectivity index (χ3n) is 4.04. The Labute approximate surface area is 99.9 Å². The van der Waals surface area contributed by atoms with Gasteiger partial charge in [0.2, 0.25) is 0 Å². The lowest BCUT2D eigenvalue weighted by atomic mass is 9.79. The maximum absolute atomic E-state index is 8.90. The van der Waals surface area contributed by atoms with Crippen molar-refractivity contribution >= 4 is 0 Å². The zero-order valence-corrected chi connectivity index (χ0v) is 9.86. The summed E-state index contributed by atoms with van der Waals surface area (Å²) in [5.41, 5.74) is 1.37. The molecule has 0 radical (unpaired) electrons. The van der Waals surface area contributed by atoms with Crippen LogP contribution in [0.4, 0.5) is 0 Å². The van der Waals surface area contributed by atoms with Gasteiger partial charge in [-0.1, -0.05) is 36.8 Å². The highest BCUT2D eigenvalue weighted by Crippen LogP contribution is 2.37. The van der Waals surface area contributed by atoms with E-state index in [9.17, 15) is 0 Å². The van der Waals surface area contributed by atoms with E-state index >= 15 is 0 Å². The first-order valence-electron chi connectivity index (χ1n) is 7.11. The van der Waals surface area contributed by atoms with Crippen molar-refractivity contribution < 1.29 is 1.37 Å². The number of fused-ring (bicyclic) bond motifs is 1. The zero-order chi connectivity index (χ0) is 11.7. The number of hydrogen-bond acceptors (Lipinski definition) is 1. The molecule has 0 spiro atoms. The standard InChI is InChI=1S/C15H21N/c1-2-7-13(8-3-1)14-9-6-12-16-11-5-4-10-15(14)16/h1-3,7-8,14-15H,4-6,9-12H2/t14-,15+/m1/s1/i15D. The average Bonchev–Trinajstić information content (AvgIpc) is 2.38. The van der Waals surface area contributed by atoms with Crippen molar-refractivity contribution in [2.75, 3.05) is 13.1 Å². The number of hydrogen-bond donors (Lipinski definition) is 0. The molecule has 2 aliphatic rings. The van der Waals surface area contributed by atoms with Crippen molar-refractivity contribution in [3.05, 3.63) is 35.9 Å². The molecule has 2 saturated heterocycles. The van der Waals surface area contributed by atoms with Crippen LogP contribution in [-0.2, 0) is 0 Å². The molecule has 0 unspecified atom stereocenters. The molecule has 2 heterocycles. The number of piperidine rings is 2. The minimum Gasteiger partial charge on any atom is -0.300 e. The molecule has 0 aliphatic carbocycles. The fraction of sp³-hybridized carbons (Fsp3) is 0.600. The van der Waals surface area contributed by atoms with Gasteiger partial charge in [0.1, 0.15) is 0 Å². The minimum atomic E-state index is -0.322. The predicted molar refractivity (Wildman–Crippen MR) is 67.6 cm³/mol. The molecule has 0 bridgehead atoms. The highest BCUT2D eigenvalue weighted by atomic mass is 15.2. The van der Waals surface area contributed by atoms with Gasteiger partial charge in [-0.25, -0.2) is 0 Å². The van der Waals surface area contributed by atoms with Crippen LogP contribution in [0.25, 0.3) is 0 Å². The first kappa shape index (κ1) is 9.23. The third kappa shape index (κ3) is 1.89. The predicted octanol–water partition coefficient (Wildman–Crippen LogP) is 3.42. The van der Waals surface area contributed by atoms with Crippen LogP contribution in [0.3, 0.4) is 0 Å². The van der Waals surface area contributed by atoms with E-state index in [0.29, 0.717) is 5.92 Å². The van der Waals surface area contributed by atoms with E-state index in [1.165, 1.54) is 31.2 Å². The Kier molecular flexibility index (Phi) is 2.65. The van der Waals surface area contributed by atoms with Gasteiger partial charge in [0.05, 0.1) is 0 Å². The first-order valence-corrected chi connectivity index (χ1v) is 6.61. The van der Waals surface area contributed by atoms with Crippen LogP contribution in [0.2, 0.25) is 0 Å². The average molecular weight is 216 g/mol. The van der Waals surface area contributed by atoms with E-state index in [1.807, 2.05) is 0 Å². The second-order valence-electron chi connectivity index (χ2n) is 5.04. The Balaban J connectivity index is 1.93. The van der Waals surface area contributed by atoms with E-state index in [4.69, 9.17) is 1.37 Å². The Bertz CT molecular complexity index is 376. The fourth-order valence-electron chi connectivity index (χ4n) is 3.26. The molecule has 2 fully saturated rings. The monoisotopic (exact) mass is 216 g/mol. The van der Waals surface area contributed by atoms with Crippen LogP contribution >= 0.6 is 0 Å². The summed E-state index contributed by atoms with van der Waals surface area (Å²) in [5.74, 6) is 0.415. The van der Waals surface area contributed by atoms with Gasteiger partial charge >= 0.3 is 0 Å². The summed E-state index contributed by atoms with van der Waals surface area (Å²) in [5, 5.41) is 0. The molecule has 0 aromatic heterocycles. The molecule has 2 aliphatic heterocycles. The van der Waals surface area contributed by atoms with E-state index in [1.54, 1.807) is 0 Å². The molecule has 86 valence electrons. The van der Waals surface area contributed by atoms with Crippen molar-refractivity contribution in [1.29, 1.82) is 0 Å². The van der Waals surface area contributed by atoms with E-state index in [-0.39, 0.29) is 6.02 Å². The normalized spacial score (nSPS) is 36.5. The molecule has 1 aromatic rings. The van der Waals surface area contributed by atoms with Crippen molar-refractivity contribution in [1.82, 2.24) is 4.90 Å². The third-order valence-corrected chi connectivity index (χ3v) is 4.04. The molecule has 1 nitrogen and oxygen atoms in total. The molecular formula is C15H21N. The van der Waals surface area contributed by atoms with Crippen LogP contribution < -0.4 is 0 Å².